The predicted octanol–water partition coefficient (Wildman–Crippen LogP) is 0.427. The molecule has 2 saturated heterocycles. The molecule has 4 heteroatoms. The zero-order chi connectivity index (χ0) is 8.93. The van der Waals surface area contributed by atoms with E-state index in [1.165, 1.54) is 0 Å². The smallest absolute Gasteiger partial charge is 0.110 e. The molecule has 2 unspecified atom stereocenters. The number of fused-ring (bicyclic) bond motifs is 2. The summed E-state index contributed by atoms with van der Waals surface area (Å²) in [6.07, 6.45) is 0.921. The molecule has 2 aliphatic rings. The Bertz CT molecular complexity index is 233. The van der Waals surface area contributed by atoms with Gasteiger partial charge < -0.3 is 4.74 Å². The van der Waals surface area contributed by atoms with Crippen LogP contribution >= 0.6 is 0 Å². The molecular formula is C8H13BO2S. The van der Waals surface area contributed by atoms with Crippen molar-refractivity contribution in [1.29, 1.82) is 0 Å². The summed E-state index contributed by atoms with van der Waals surface area (Å²) in [6, 6.07) is -0.297. The van der Waals surface area contributed by atoms with E-state index in [1.54, 1.807) is 0 Å². The number of ether oxygens (including phenoxy) is 1. The van der Waals surface area contributed by atoms with Crippen molar-refractivity contribution in [1.82, 2.24) is 0 Å². The van der Waals surface area contributed by atoms with Crippen molar-refractivity contribution in [3.05, 3.63) is 0 Å². The zero-order valence-corrected chi connectivity index (χ0v) is 8.26. The summed E-state index contributed by atoms with van der Waals surface area (Å²) < 4.78 is 17.2. The van der Waals surface area contributed by atoms with Crippen LogP contribution in [-0.2, 0) is 15.5 Å². The molecule has 2 nitrogen and oxygen atoms in total. The van der Waals surface area contributed by atoms with Crippen LogP contribution in [0, 0.1) is 5.92 Å². The van der Waals surface area contributed by atoms with Crippen molar-refractivity contribution in [3.63, 3.8) is 0 Å². The molecule has 2 rings (SSSR count). The highest BCUT2D eigenvalue weighted by Crippen LogP contribution is 2.47. The SMILES string of the molecule is [B][C@@H]1O[C@]2(CC)CS(=O)[C@@H]1C2C. The topological polar surface area (TPSA) is 26.3 Å². The summed E-state index contributed by atoms with van der Waals surface area (Å²) in [5, 5.41) is 0.0740. The molecule has 2 bridgehead atoms. The normalized spacial score (nSPS) is 57.8. The minimum atomic E-state index is -0.760. The Kier molecular flexibility index (Phi) is 1.88. The fraction of sp³-hybridized carbons (Fsp3) is 1.00. The average Bonchev–Trinajstić information content (AvgIpc) is 2.37. The van der Waals surface area contributed by atoms with Crippen molar-refractivity contribution in [3.8, 4) is 0 Å². The molecule has 2 heterocycles. The maximum atomic E-state index is 11.6. The molecule has 0 saturated carbocycles. The standard InChI is InChI=1S/C8H13BO2S/c1-3-8-4-12(10)6(5(8)2)7(9)11-8/h5-7H,3-4H2,1-2H3/t5?,6-,7-,8-,12?/m1/s1. The van der Waals surface area contributed by atoms with Gasteiger partial charge in [0.15, 0.2) is 0 Å². The Balaban J connectivity index is 2.34. The third kappa shape index (κ3) is 0.881. The Morgan fingerprint density at radius 1 is 1.75 bits per heavy atom. The summed E-state index contributed by atoms with van der Waals surface area (Å²) in [5.41, 5.74) is -0.172. The van der Waals surface area contributed by atoms with E-state index in [9.17, 15) is 4.21 Å². The van der Waals surface area contributed by atoms with E-state index >= 15 is 0 Å². The largest absolute Gasteiger partial charge is 0.379 e. The van der Waals surface area contributed by atoms with Crippen LogP contribution in [0.4, 0.5) is 0 Å². The van der Waals surface area contributed by atoms with Gasteiger partial charge in [0.25, 0.3) is 0 Å². The van der Waals surface area contributed by atoms with Gasteiger partial charge >= 0.3 is 0 Å². The molecule has 2 radical (unpaired) electrons. The average molecular weight is 184 g/mol. The zero-order valence-electron chi connectivity index (χ0n) is 7.45. The van der Waals surface area contributed by atoms with Crippen molar-refractivity contribution in [2.45, 2.75) is 37.1 Å². The van der Waals surface area contributed by atoms with Crippen LogP contribution < -0.4 is 0 Å². The minimum Gasteiger partial charge on any atom is -0.379 e. The highest BCUT2D eigenvalue weighted by molar-refractivity contribution is 7.86. The van der Waals surface area contributed by atoms with E-state index < -0.39 is 10.8 Å². The van der Waals surface area contributed by atoms with Crippen LogP contribution in [0.15, 0.2) is 0 Å². The third-order valence-electron chi connectivity index (χ3n) is 3.31. The molecule has 12 heavy (non-hydrogen) atoms. The molecule has 66 valence electrons. The quantitative estimate of drug-likeness (QED) is 0.552. The van der Waals surface area contributed by atoms with Gasteiger partial charge in [-0.2, -0.15) is 0 Å². The van der Waals surface area contributed by atoms with Crippen molar-refractivity contribution in [2.75, 3.05) is 5.75 Å². The highest BCUT2D eigenvalue weighted by atomic mass is 32.2. The van der Waals surface area contributed by atoms with Crippen LogP contribution in [0.1, 0.15) is 20.3 Å². The second-order valence-electron chi connectivity index (χ2n) is 3.78. The Morgan fingerprint density at radius 2 is 2.42 bits per heavy atom. The monoisotopic (exact) mass is 184 g/mol. The molecule has 0 aliphatic carbocycles. The lowest BCUT2D eigenvalue weighted by atomic mass is 9.85. The van der Waals surface area contributed by atoms with Crippen LogP contribution in [0.25, 0.3) is 0 Å². The lowest BCUT2D eigenvalue weighted by Crippen LogP contribution is -2.38. The first kappa shape index (κ1) is 8.76. The lowest BCUT2D eigenvalue weighted by Gasteiger charge is -2.29. The Morgan fingerprint density at radius 3 is 2.75 bits per heavy atom. The molecule has 0 aromatic rings. The first-order chi connectivity index (χ1) is 5.60. The molecule has 0 aromatic carbocycles. The molecule has 0 N–H and O–H groups in total. The summed E-state index contributed by atoms with van der Waals surface area (Å²) in [4.78, 5) is 0. The molecule has 2 aliphatic heterocycles. The number of rotatable bonds is 1. The van der Waals surface area contributed by atoms with Gasteiger partial charge in [0.2, 0.25) is 0 Å². The van der Waals surface area contributed by atoms with Crippen molar-refractivity contribution < 1.29 is 8.95 Å². The first-order valence-electron chi connectivity index (χ1n) is 4.41. The molecule has 0 amide bonds. The Labute approximate surface area is 76.9 Å². The van der Waals surface area contributed by atoms with Gasteiger partial charge in [-0.3, -0.25) is 4.21 Å². The van der Waals surface area contributed by atoms with Crippen LogP contribution in [0.3, 0.4) is 0 Å². The van der Waals surface area contributed by atoms with E-state index in [1.807, 2.05) is 0 Å². The maximum absolute atomic E-state index is 11.6. The summed E-state index contributed by atoms with van der Waals surface area (Å²) in [6.45, 7) is 4.18. The molecule has 2 fully saturated rings. The van der Waals surface area contributed by atoms with Crippen LogP contribution in [0.2, 0.25) is 0 Å². The molecule has 5 atom stereocenters. The van der Waals surface area contributed by atoms with Gasteiger partial charge in [-0.1, -0.05) is 13.8 Å². The first-order valence-corrected chi connectivity index (χ1v) is 5.79. The number of hydrogen-bond acceptors (Lipinski definition) is 2. The summed E-state index contributed by atoms with van der Waals surface area (Å²) in [7, 11) is 4.99. The van der Waals surface area contributed by atoms with Gasteiger partial charge in [-0.25, -0.2) is 0 Å². The van der Waals surface area contributed by atoms with Crippen molar-refractivity contribution >= 4 is 18.6 Å². The molecular weight excluding hydrogens is 171 g/mol. The maximum Gasteiger partial charge on any atom is 0.110 e. The van der Waals surface area contributed by atoms with Crippen LogP contribution in [-0.4, -0.2) is 34.7 Å². The fourth-order valence-electron chi connectivity index (χ4n) is 2.42. The summed E-state index contributed by atoms with van der Waals surface area (Å²) in [5.74, 6) is 1.04. The molecule has 0 spiro atoms. The van der Waals surface area contributed by atoms with Gasteiger partial charge in [0, 0.05) is 22.7 Å². The van der Waals surface area contributed by atoms with E-state index in [0.717, 1.165) is 6.42 Å². The molecule has 0 aromatic heterocycles. The number of hydrogen-bond donors (Lipinski definition) is 0. The van der Waals surface area contributed by atoms with E-state index in [2.05, 4.69) is 13.8 Å². The fourth-order valence-corrected chi connectivity index (χ4v) is 4.68. The Hall–Kier alpha value is 0.175. The van der Waals surface area contributed by atoms with Gasteiger partial charge in [-0.05, 0) is 6.42 Å². The minimum absolute atomic E-state index is 0.0740. The van der Waals surface area contributed by atoms with Gasteiger partial charge in [0.05, 0.1) is 16.6 Å². The lowest BCUT2D eigenvalue weighted by molar-refractivity contribution is -0.0162. The van der Waals surface area contributed by atoms with E-state index in [-0.39, 0.29) is 16.9 Å². The third-order valence-corrected chi connectivity index (χ3v) is 5.36. The van der Waals surface area contributed by atoms with E-state index in [0.29, 0.717) is 11.7 Å². The van der Waals surface area contributed by atoms with E-state index in [4.69, 9.17) is 12.6 Å². The predicted molar refractivity (Wildman–Crippen MR) is 49.6 cm³/mol. The second-order valence-corrected chi connectivity index (χ2v) is 5.37. The van der Waals surface area contributed by atoms with Gasteiger partial charge in [-0.15, -0.1) is 0 Å². The van der Waals surface area contributed by atoms with Crippen LogP contribution in [0.5, 0.6) is 0 Å². The summed E-state index contributed by atoms with van der Waals surface area (Å²) >= 11 is 0. The highest BCUT2D eigenvalue weighted by Gasteiger charge is 2.58. The van der Waals surface area contributed by atoms with Gasteiger partial charge in [0.1, 0.15) is 7.85 Å². The van der Waals surface area contributed by atoms with Crippen molar-refractivity contribution in [2.24, 2.45) is 5.92 Å². The second kappa shape index (κ2) is 2.58.